The Balaban J connectivity index is 1.55. The molecular formula is C22H20F3N3O2S2. The van der Waals surface area contributed by atoms with Crippen molar-refractivity contribution in [1.29, 1.82) is 0 Å². The molecule has 1 fully saturated rings. The molecule has 168 valence electrons. The topological polar surface area (TPSA) is 63.2 Å². The van der Waals surface area contributed by atoms with E-state index in [1.807, 2.05) is 25.3 Å². The smallest absolute Gasteiger partial charge is 0.324 e. The molecule has 0 saturated carbocycles. The number of aryl methyl sites for hydroxylation is 2. The first-order chi connectivity index (χ1) is 15.1. The third kappa shape index (κ3) is 4.61. The highest BCUT2D eigenvalue weighted by molar-refractivity contribution is 7.16. The molecule has 0 radical (unpaired) electrons. The van der Waals surface area contributed by atoms with E-state index in [1.54, 1.807) is 24.3 Å². The molecule has 4 rings (SSSR count). The average Bonchev–Trinajstić information content (AvgIpc) is 3.45. The molecular weight excluding hydrogens is 459 g/mol. The zero-order valence-corrected chi connectivity index (χ0v) is 19.0. The van der Waals surface area contributed by atoms with Gasteiger partial charge in [0.05, 0.1) is 33.7 Å². The Bertz CT molecular complexity index is 1140. The number of nitrogens with zero attached hydrogens (tertiary/aromatic N) is 3. The molecule has 10 heteroatoms. The van der Waals surface area contributed by atoms with Crippen molar-refractivity contribution in [2.75, 3.05) is 6.54 Å². The fourth-order valence-electron chi connectivity index (χ4n) is 4.03. The van der Waals surface area contributed by atoms with Gasteiger partial charge in [0.15, 0.2) is 5.78 Å². The van der Waals surface area contributed by atoms with Gasteiger partial charge in [-0.1, -0.05) is 30.3 Å². The molecule has 1 aliphatic heterocycles. The van der Waals surface area contributed by atoms with Crippen LogP contribution in [0.2, 0.25) is 0 Å². The van der Waals surface area contributed by atoms with Gasteiger partial charge in [-0.15, -0.1) is 22.7 Å². The molecule has 1 saturated heterocycles. The molecule has 3 heterocycles. The maximum atomic E-state index is 13.2. The van der Waals surface area contributed by atoms with Crippen LogP contribution in [0.1, 0.15) is 33.6 Å². The quantitative estimate of drug-likeness (QED) is 0.520. The second-order valence-corrected chi connectivity index (χ2v) is 9.88. The van der Waals surface area contributed by atoms with Gasteiger partial charge in [-0.3, -0.25) is 9.59 Å². The molecule has 2 aromatic heterocycles. The highest BCUT2D eigenvalue weighted by atomic mass is 32.1. The van der Waals surface area contributed by atoms with E-state index in [2.05, 4.69) is 9.97 Å². The van der Waals surface area contributed by atoms with Crippen LogP contribution in [-0.4, -0.2) is 45.3 Å². The summed E-state index contributed by atoms with van der Waals surface area (Å²) in [5.41, 5.74) is 2.37. The third-order valence-electron chi connectivity index (χ3n) is 5.46. The average molecular weight is 480 g/mol. The minimum Gasteiger partial charge on any atom is -0.324 e. The molecule has 0 unspecified atom stereocenters. The maximum Gasteiger partial charge on any atom is 0.471 e. The lowest BCUT2D eigenvalue weighted by Crippen LogP contribution is -2.47. The summed E-state index contributed by atoms with van der Waals surface area (Å²) in [5, 5.41) is 3.24. The Hall–Kier alpha value is -2.59. The Kier molecular flexibility index (Phi) is 6.17. The number of ketones is 1. The number of Topliss-reactive ketones (excluding diaryl/α,β-unsaturated/α-hetero) is 1. The standard InChI is InChI=1S/C22H20F3N3O2S2/c1-12-20(32-13(2)26-12)16-11-31-19(27-16)9-18(29)17-8-15(14-6-4-3-5-7-14)10-28(17)21(30)22(23,24)25/h3-7,11,15,17H,8-10H2,1-2H3/t15-,17-/m0/s1. The second-order valence-electron chi connectivity index (χ2n) is 7.73. The largest absolute Gasteiger partial charge is 0.471 e. The molecule has 2 atom stereocenters. The van der Waals surface area contributed by atoms with Crippen molar-refractivity contribution < 1.29 is 22.8 Å². The van der Waals surface area contributed by atoms with E-state index in [1.165, 1.54) is 22.7 Å². The molecule has 32 heavy (non-hydrogen) atoms. The van der Waals surface area contributed by atoms with Crippen molar-refractivity contribution in [1.82, 2.24) is 14.9 Å². The van der Waals surface area contributed by atoms with Crippen molar-refractivity contribution >= 4 is 34.4 Å². The number of hydrogen-bond donors (Lipinski definition) is 0. The van der Waals surface area contributed by atoms with E-state index < -0.39 is 23.9 Å². The lowest BCUT2D eigenvalue weighted by Gasteiger charge is -2.24. The Morgan fingerprint density at radius 3 is 2.50 bits per heavy atom. The molecule has 0 bridgehead atoms. The fraction of sp³-hybridized carbons (Fsp3) is 0.364. The molecule has 0 spiro atoms. The van der Waals surface area contributed by atoms with Gasteiger partial charge in [0.1, 0.15) is 5.01 Å². The number of carbonyl (C=O) groups excluding carboxylic acids is 2. The minimum atomic E-state index is -5.03. The summed E-state index contributed by atoms with van der Waals surface area (Å²) >= 11 is 2.78. The van der Waals surface area contributed by atoms with Gasteiger partial charge >= 0.3 is 12.1 Å². The predicted molar refractivity (Wildman–Crippen MR) is 117 cm³/mol. The first kappa shape index (κ1) is 22.6. The summed E-state index contributed by atoms with van der Waals surface area (Å²) in [4.78, 5) is 35.6. The van der Waals surface area contributed by atoms with Gasteiger partial charge in [0.25, 0.3) is 0 Å². The van der Waals surface area contributed by atoms with E-state index in [-0.39, 0.29) is 25.3 Å². The first-order valence-electron chi connectivity index (χ1n) is 9.97. The van der Waals surface area contributed by atoms with E-state index in [0.29, 0.717) is 15.6 Å². The van der Waals surface area contributed by atoms with E-state index in [4.69, 9.17) is 0 Å². The van der Waals surface area contributed by atoms with Crippen molar-refractivity contribution in [3.05, 3.63) is 57.0 Å². The summed E-state index contributed by atoms with van der Waals surface area (Å²) < 4.78 is 39.6. The molecule has 1 amide bonds. The van der Waals surface area contributed by atoms with Crippen molar-refractivity contribution in [2.45, 2.75) is 44.8 Å². The minimum absolute atomic E-state index is 0.116. The van der Waals surface area contributed by atoms with Crippen LogP contribution in [0, 0.1) is 13.8 Å². The summed E-state index contributed by atoms with van der Waals surface area (Å²) in [6.45, 7) is 3.64. The lowest BCUT2D eigenvalue weighted by molar-refractivity contribution is -0.186. The first-order valence-corrected chi connectivity index (χ1v) is 11.7. The van der Waals surface area contributed by atoms with E-state index in [0.717, 1.165) is 21.1 Å². The zero-order chi connectivity index (χ0) is 23.0. The number of halogens is 3. The molecule has 1 aromatic carbocycles. The van der Waals surface area contributed by atoms with Crippen LogP contribution in [0.3, 0.4) is 0 Å². The fourth-order valence-corrected chi connectivity index (χ4v) is 5.78. The second kappa shape index (κ2) is 8.74. The number of likely N-dealkylation sites (tertiary alicyclic amines) is 1. The molecule has 5 nitrogen and oxygen atoms in total. The van der Waals surface area contributed by atoms with Crippen LogP contribution in [0.5, 0.6) is 0 Å². The normalized spacial score (nSPS) is 18.8. The maximum absolute atomic E-state index is 13.2. The summed E-state index contributed by atoms with van der Waals surface area (Å²) in [5.74, 6) is -2.73. The van der Waals surface area contributed by atoms with Crippen molar-refractivity contribution in [3.63, 3.8) is 0 Å². The predicted octanol–water partition coefficient (Wildman–Crippen LogP) is 4.94. The van der Waals surface area contributed by atoms with Gasteiger partial charge in [0, 0.05) is 17.8 Å². The summed E-state index contributed by atoms with van der Waals surface area (Å²) in [6, 6.07) is 7.88. The van der Waals surface area contributed by atoms with Gasteiger partial charge in [0.2, 0.25) is 0 Å². The number of hydrogen-bond acceptors (Lipinski definition) is 6. The zero-order valence-electron chi connectivity index (χ0n) is 17.3. The number of alkyl halides is 3. The van der Waals surface area contributed by atoms with Gasteiger partial charge in [-0.2, -0.15) is 13.2 Å². The van der Waals surface area contributed by atoms with Gasteiger partial charge in [-0.05, 0) is 25.8 Å². The van der Waals surface area contributed by atoms with Crippen molar-refractivity contribution in [2.24, 2.45) is 0 Å². The number of carbonyl (C=O) groups is 2. The Labute approximate surface area is 190 Å². The van der Waals surface area contributed by atoms with E-state index in [9.17, 15) is 22.8 Å². The molecule has 1 aliphatic rings. The molecule has 3 aromatic rings. The SMILES string of the molecule is Cc1nc(C)c(-c2csc(CC(=O)[C@@H]3C[C@H](c4ccccc4)CN3C(=O)C(F)(F)F)n2)s1. The third-order valence-corrected chi connectivity index (χ3v) is 7.40. The van der Waals surface area contributed by atoms with Gasteiger partial charge < -0.3 is 4.90 Å². The number of rotatable bonds is 5. The molecule has 0 N–H and O–H groups in total. The van der Waals surface area contributed by atoms with Crippen LogP contribution in [0.25, 0.3) is 10.6 Å². The monoisotopic (exact) mass is 479 g/mol. The van der Waals surface area contributed by atoms with E-state index >= 15 is 0 Å². The molecule has 0 aliphatic carbocycles. The highest BCUT2D eigenvalue weighted by Crippen LogP contribution is 2.36. The van der Waals surface area contributed by atoms with Crippen LogP contribution in [0.15, 0.2) is 35.7 Å². The van der Waals surface area contributed by atoms with Crippen LogP contribution < -0.4 is 0 Å². The van der Waals surface area contributed by atoms with Gasteiger partial charge in [-0.25, -0.2) is 9.97 Å². The number of aromatic nitrogens is 2. The lowest BCUT2D eigenvalue weighted by atomic mass is 9.95. The summed E-state index contributed by atoms with van der Waals surface area (Å²) in [7, 11) is 0. The number of thiazole rings is 2. The van der Waals surface area contributed by atoms with Crippen LogP contribution >= 0.6 is 22.7 Å². The van der Waals surface area contributed by atoms with Crippen LogP contribution in [0.4, 0.5) is 13.2 Å². The van der Waals surface area contributed by atoms with Crippen molar-refractivity contribution in [3.8, 4) is 10.6 Å². The highest BCUT2D eigenvalue weighted by Gasteiger charge is 2.49. The van der Waals surface area contributed by atoms with Crippen LogP contribution in [-0.2, 0) is 16.0 Å². The summed E-state index contributed by atoms with van der Waals surface area (Å²) in [6.07, 6.45) is -4.98. The Morgan fingerprint density at radius 2 is 1.88 bits per heavy atom. The number of benzene rings is 1. The Morgan fingerprint density at radius 1 is 1.16 bits per heavy atom. The number of amides is 1.